The molecule has 0 radical (unpaired) electrons. The predicted molar refractivity (Wildman–Crippen MR) is 71.5 cm³/mol. The molecule has 0 aliphatic rings. The molecule has 1 N–H and O–H groups in total. The van der Waals surface area contributed by atoms with Crippen molar-refractivity contribution in [1.29, 1.82) is 0 Å². The molecule has 1 atom stereocenters. The number of nitrogens with zero attached hydrogens (tertiary/aromatic N) is 2. The summed E-state index contributed by atoms with van der Waals surface area (Å²) >= 11 is 0. The van der Waals surface area contributed by atoms with Crippen molar-refractivity contribution in [3.05, 3.63) is 42.2 Å². The van der Waals surface area contributed by atoms with Gasteiger partial charge in [-0.25, -0.2) is 9.97 Å². The lowest BCUT2D eigenvalue weighted by Crippen LogP contribution is -2.12. The molecular weight excluding hydrogens is 226 g/mol. The molecule has 0 bridgehead atoms. The molecule has 1 aromatic heterocycles. The van der Waals surface area contributed by atoms with E-state index >= 15 is 0 Å². The van der Waals surface area contributed by atoms with Crippen molar-refractivity contribution < 1.29 is 4.74 Å². The van der Waals surface area contributed by atoms with Gasteiger partial charge in [0.2, 0.25) is 5.88 Å². The minimum Gasteiger partial charge on any atom is -0.479 e. The van der Waals surface area contributed by atoms with Crippen molar-refractivity contribution in [3.8, 4) is 17.1 Å². The molecular formula is C14H17N3O. The Kier molecular flexibility index (Phi) is 3.89. The van der Waals surface area contributed by atoms with Crippen molar-refractivity contribution >= 4 is 0 Å². The molecule has 1 aromatic carbocycles. The molecule has 4 heteroatoms. The number of benzene rings is 1. The van der Waals surface area contributed by atoms with Crippen molar-refractivity contribution in [3.63, 3.8) is 0 Å². The number of nitrogens with one attached hydrogen (secondary N) is 1. The molecule has 0 saturated heterocycles. The fraction of sp³-hybridized carbons (Fsp3) is 0.286. The second-order valence-corrected chi connectivity index (χ2v) is 4.05. The molecule has 4 nitrogen and oxygen atoms in total. The summed E-state index contributed by atoms with van der Waals surface area (Å²) in [6.45, 7) is 2.12. The van der Waals surface area contributed by atoms with Gasteiger partial charge >= 0.3 is 0 Å². The van der Waals surface area contributed by atoms with Crippen LogP contribution in [0.5, 0.6) is 5.88 Å². The lowest BCUT2D eigenvalue weighted by Gasteiger charge is -2.12. The maximum Gasteiger partial charge on any atom is 0.240 e. The van der Waals surface area contributed by atoms with Crippen LogP contribution < -0.4 is 10.1 Å². The van der Waals surface area contributed by atoms with Crippen LogP contribution in [0.2, 0.25) is 0 Å². The van der Waals surface area contributed by atoms with Gasteiger partial charge in [-0.1, -0.05) is 18.2 Å². The monoisotopic (exact) mass is 243 g/mol. The van der Waals surface area contributed by atoms with Crippen LogP contribution in [0.25, 0.3) is 11.3 Å². The van der Waals surface area contributed by atoms with E-state index in [0.29, 0.717) is 11.9 Å². The number of methoxy groups -OCH3 is 1. The van der Waals surface area contributed by atoms with E-state index in [4.69, 9.17) is 4.74 Å². The zero-order valence-corrected chi connectivity index (χ0v) is 10.8. The normalized spacial score (nSPS) is 12.2. The van der Waals surface area contributed by atoms with Crippen LogP contribution in [-0.2, 0) is 0 Å². The van der Waals surface area contributed by atoms with Gasteiger partial charge in [0.05, 0.1) is 7.11 Å². The van der Waals surface area contributed by atoms with Crippen LogP contribution in [0.3, 0.4) is 0 Å². The second kappa shape index (κ2) is 5.60. The third-order valence-corrected chi connectivity index (χ3v) is 2.95. The first-order chi connectivity index (χ1) is 8.76. The van der Waals surface area contributed by atoms with Gasteiger partial charge < -0.3 is 10.1 Å². The summed E-state index contributed by atoms with van der Waals surface area (Å²) in [6.07, 6.45) is 3.30. The van der Waals surface area contributed by atoms with Gasteiger partial charge in [0.15, 0.2) is 0 Å². The number of hydrogen-bond acceptors (Lipinski definition) is 4. The molecule has 2 aromatic rings. The molecule has 0 spiro atoms. The largest absolute Gasteiger partial charge is 0.479 e. The Morgan fingerprint density at radius 1 is 1.22 bits per heavy atom. The number of ether oxygens (including phenoxy) is 1. The smallest absolute Gasteiger partial charge is 0.240 e. The molecule has 2 rings (SSSR count). The Morgan fingerprint density at radius 3 is 2.72 bits per heavy atom. The maximum absolute atomic E-state index is 5.24. The fourth-order valence-electron chi connectivity index (χ4n) is 1.79. The van der Waals surface area contributed by atoms with Gasteiger partial charge in [-0.2, -0.15) is 0 Å². The molecule has 18 heavy (non-hydrogen) atoms. The lowest BCUT2D eigenvalue weighted by molar-refractivity contribution is 0.398. The van der Waals surface area contributed by atoms with E-state index in [9.17, 15) is 0 Å². The summed E-state index contributed by atoms with van der Waals surface area (Å²) in [5.74, 6) is 0.548. The highest BCUT2D eigenvalue weighted by molar-refractivity contribution is 5.64. The third-order valence-electron chi connectivity index (χ3n) is 2.95. The molecule has 1 heterocycles. The van der Waals surface area contributed by atoms with Crippen LogP contribution >= 0.6 is 0 Å². The minimum absolute atomic E-state index is 0.299. The first-order valence-corrected chi connectivity index (χ1v) is 5.89. The van der Waals surface area contributed by atoms with E-state index < -0.39 is 0 Å². The van der Waals surface area contributed by atoms with E-state index in [0.717, 1.165) is 11.3 Å². The van der Waals surface area contributed by atoms with Crippen molar-refractivity contribution in [2.24, 2.45) is 0 Å². The highest BCUT2D eigenvalue weighted by Crippen LogP contribution is 2.27. The van der Waals surface area contributed by atoms with E-state index in [2.05, 4.69) is 34.3 Å². The summed E-state index contributed by atoms with van der Waals surface area (Å²) in [6, 6.07) is 8.53. The molecule has 0 aliphatic carbocycles. The van der Waals surface area contributed by atoms with Gasteiger partial charge in [-0.05, 0) is 25.6 Å². The topological polar surface area (TPSA) is 47.0 Å². The molecule has 0 saturated carbocycles. The van der Waals surface area contributed by atoms with Crippen LogP contribution in [0, 0.1) is 0 Å². The lowest BCUT2D eigenvalue weighted by atomic mass is 10.0. The van der Waals surface area contributed by atoms with E-state index in [-0.39, 0.29) is 0 Å². The Morgan fingerprint density at radius 2 is 2.00 bits per heavy atom. The van der Waals surface area contributed by atoms with E-state index in [1.54, 1.807) is 19.5 Å². The average molecular weight is 243 g/mol. The van der Waals surface area contributed by atoms with Crippen LogP contribution in [0.4, 0.5) is 0 Å². The summed E-state index contributed by atoms with van der Waals surface area (Å²) in [5, 5.41) is 3.22. The van der Waals surface area contributed by atoms with Crippen molar-refractivity contribution in [1.82, 2.24) is 15.3 Å². The van der Waals surface area contributed by atoms with Gasteiger partial charge in [-0.3, -0.25) is 0 Å². The average Bonchev–Trinajstić information content (AvgIpc) is 2.46. The zero-order valence-electron chi connectivity index (χ0n) is 10.8. The Hall–Kier alpha value is -1.94. The summed E-state index contributed by atoms with van der Waals surface area (Å²) < 4.78 is 5.24. The molecule has 0 fully saturated rings. The zero-order chi connectivity index (χ0) is 13.0. The van der Waals surface area contributed by atoms with Crippen LogP contribution in [0.1, 0.15) is 18.5 Å². The highest BCUT2D eigenvalue weighted by Gasteiger charge is 2.10. The quantitative estimate of drug-likeness (QED) is 0.896. The summed E-state index contributed by atoms with van der Waals surface area (Å²) in [5.41, 5.74) is 2.99. The number of aromatic nitrogens is 2. The molecule has 1 unspecified atom stereocenters. The minimum atomic E-state index is 0.299. The molecule has 0 amide bonds. The SMILES string of the molecule is CNC(C)c1cccc(-c2nccnc2OC)c1. The van der Waals surface area contributed by atoms with Gasteiger partial charge in [0.25, 0.3) is 0 Å². The Labute approximate surface area is 107 Å². The van der Waals surface area contributed by atoms with Crippen molar-refractivity contribution in [2.45, 2.75) is 13.0 Å². The third kappa shape index (κ3) is 2.49. The Bertz CT molecular complexity index is 528. The first-order valence-electron chi connectivity index (χ1n) is 5.89. The van der Waals surface area contributed by atoms with Crippen molar-refractivity contribution in [2.75, 3.05) is 14.2 Å². The van der Waals surface area contributed by atoms with E-state index in [1.165, 1.54) is 5.56 Å². The predicted octanol–water partition coefficient (Wildman–Crippen LogP) is 2.43. The standard InChI is InChI=1S/C14H17N3O/c1-10(15-2)11-5-4-6-12(9-11)13-14(18-3)17-8-7-16-13/h4-10,15H,1-3H3. The van der Waals surface area contributed by atoms with Crippen LogP contribution in [0.15, 0.2) is 36.7 Å². The van der Waals surface area contributed by atoms with Gasteiger partial charge in [0.1, 0.15) is 5.69 Å². The number of hydrogen-bond donors (Lipinski definition) is 1. The summed E-state index contributed by atoms with van der Waals surface area (Å²) in [4.78, 5) is 8.51. The Balaban J connectivity index is 2.44. The van der Waals surface area contributed by atoms with Gasteiger partial charge in [0, 0.05) is 24.0 Å². The number of rotatable bonds is 4. The highest BCUT2D eigenvalue weighted by atomic mass is 16.5. The van der Waals surface area contributed by atoms with Gasteiger partial charge in [-0.15, -0.1) is 0 Å². The van der Waals surface area contributed by atoms with Crippen LogP contribution in [-0.4, -0.2) is 24.1 Å². The molecule has 0 aliphatic heterocycles. The molecule has 94 valence electrons. The first kappa shape index (κ1) is 12.5. The fourth-order valence-corrected chi connectivity index (χ4v) is 1.79. The van der Waals surface area contributed by atoms with E-state index in [1.807, 2.05) is 19.2 Å². The summed E-state index contributed by atoms with van der Waals surface area (Å²) in [7, 11) is 3.55. The second-order valence-electron chi connectivity index (χ2n) is 4.05. The maximum atomic E-state index is 5.24.